The van der Waals surface area contributed by atoms with E-state index in [1.807, 2.05) is 17.5 Å². The van der Waals surface area contributed by atoms with Gasteiger partial charge in [0.15, 0.2) is 9.84 Å². The summed E-state index contributed by atoms with van der Waals surface area (Å²) in [6, 6.07) is 11.2. The second kappa shape index (κ2) is 7.81. The van der Waals surface area contributed by atoms with Crippen molar-refractivity contribution in [3.63, 3.8) is 0 Å². The Kier molecular flexibility index (Phi) is 5.55. The molecule has 1 aliphatic carbocycles. The number of hydrogen-bond acceptors (Lipinski definition) is 4. The molecule has 1 saturated heterocycles. The first-order valence-electron chi connectivity index (χ1n) is 9.73. The Morgan fingerprint density at radius 2 is 1.86 bits per heavy atom. The van der Waals surface area contributed by atoms with Gasteiger partial charge in [-0.2, -0.15) is 0 Å². The quantitative estimate of drug-likeness (QED) is 0.704. The average molecular weight is 438 g/mol. The number of carbonyl (C=O) groups is 1. The van der Waals surface area contributed by atoms with E-state index in [2.05, 4.69) is 6.07 Å². The number of nitrogens with zero attached hydrogens (tertiary/aromatic N) is 1. The summed E-state index contributed by atoms with van der Waals surface area (Å²) in [7, 11) is -3.37. The molecule has 1 aliphatic heterocycles. The van der Waals surface area contributed by atoms with Gasteiger partial charge in [-0.1, -0.05) is 48.7 Å². The molecule has 2 aromatic rings. The van der Waals surface area contributed by atoms with Crippen LogP contribution in [0.1, 0.15) is 47.8 Å². The van der Waals surface area contributed by atoms with E-state index in [0.717, 1.165) is 30.6 Å². The van der Waals surface area contributed by atoms with E-state index in [0.29, 0.717) is 23.6 Å². The van der Waals surface area contributed by atoms with Gasteiger partial charge in [0.05, 0.1) is 16.4 Å². The minimum atomic E-state index is -3.37. The Balaban J connectivity index is 1.61. The molecule has 2 heterocycles. The van der Waals surface area contributed by atoms with Crippen LogP contribution in [0.3, 0.4) is 0 Å². The first kappa shape index (κ1) is 19.9. The zero-order valence-corrected chi connectivity index (χ0v) is 18.0. The van der Waals surface area contributed by atoms with Crippen molar-refractivity contribution in [2.45, 2.75) is 42.8 Å². The van der Waals surface area contributed by atoms with Crippen molar-refractivity contribution in [2.24, 2.45) is 0 Å². The van der Waals surface area contributed by atoms with Crippen LogP contribution in [-0.4, -0.2) is 38.1 Å². The van der Waals surface area contributed by atoms with Crippen LogP contribution in [0.2, 0.25) is 5.02 Å². The lowest BCUT2D eigenvalue weighted by atomic mass is 9.82. The summed E-state index contributed by atoms with van der Waals surface area (Å²) in [6.45, 7) is 0.705. The monoisotopic (exact) mass is 437 g/mol. The fraction of sp³-hybridized carbons (Fsp3) is 0.476. The van der Waals surface area contributed by atoms with Crippen LogP contribution < -0.4 is 0 Å². The van der Waals surface area contributed by atoms with E-state index in [9.17, 15) is 13.2 Å². The topological polar surface area (TPSA) is 54.5 Å². The molecule has 0 radical (unpaired) electrons. The van der Waals surface area contributed by atoms with E-state index in [1.165, 1.54) is 0 Å². The van der Waals surface area contributed by atoms with E-state index < -0.39 is 20.5 Å². The van der Waals surface area contributed by atoms with Crippen LogP contribution in [0.15, 0.2) is 41.8 Å². The van der Waals surface area contributed by atoms with Crippen molar-refractivity contribution in [1.29, 1.82) is 0 Å². The van der Waals surface area contributed by atoms with Gasteiger partial charge in [0.25, 0.3) is 0 Å². The minimum Gasteiger partial charge on any atom is -0.341 e. The molecule has 150 valence electrons. The molecular weight excluding hydrogens is 414 g/mol. The summed E-state index contributed by atoms with van der Waals surface area (Å²) >= 11 is 7.92. The lowest BCUT2D eigenvalue weighted by Crippen LogP contribution is -2.46. The standard InChI is InChI=1S/C21H24ClNO3S2/c22-17-7-2-1-6-16(17)18-9-12-23(13-15-28(18,25)26)20(24)21(10-3-4-11-21)19-8-5-14-27-19/h1-2,5-8,14,18H,3-4,9-13,15H2/t18-/m0/s1. The molecule has 4 nitrogen and oxygen atoms in total. The third kappa shape index (κ3) is 3.51. The first-order valence-corrected chi connectivity index (χ1v) is 12.7. The third-order valence-electron chi connectivity index (χ3n) is 6.14. The number of amides is 1. The molecule has 28 heavy (non-hydrogen) atoms. The summed E-state index contributed by atoms with van der Waals surface area (Å²) in [5.74, 6) is 0.0808. The Labute approximate surface area is 175 Å². The van der Waals surface area contributed by atoms with Crippen LogP contribution in [0.25, 0.3) is 0 Å². The normalized spacial score (nSPS) is 24.0. The second-order valence-electron chi connectivity index (χ2n) is 7.72. The largest absolute Gasteiger partial charge is 0.341 e. The van der Waals surface area contributed by atoms with E-state index in [-0.39, 0.29) is 18.2 Å². The highest BCUT2D eigenvalue weighted by Crippen LogP contribution is 2.45. The van der Waals surface area contributed by atoms with Gasteiger partial charge in [-0.15, -0.1) is 11.3 Å². The first-order chi connectivity index (χ1) is 13.4. The molecule has 0 spiro atoms. The van der Waals surface area contributed by atoms with Crippen LogP contribution in [0.4, 0.5) is 0 Å². The Hall–Kier alpha value is -1.37. The van der Waals surface area contributed by atoms with Gasteiger partial charge in [-0.3, -0.25) is 4.79 Å². The van der Waals surface area contributed by atoms with Crippen molar-refractivity contribution in [2.75, 3.05) is 18.8 Å². The number of thiophene rings is 1. The maximum absolute atomic E-state index is 13.6. The number of carbonyl (C=O) groups excluding carboxylic acids is 1. The van der Waals surface area contributed by atoms with Gasteiger partial charge in [-0.05, 0) is 42.3 Å². The number of halogens is 1. The third-order valence-corrected chi connectivity index (χ3v) is 9.67. The smallest absolute Gasteiger partial charge is 0.234 e. The number of hydrogen-bond donors (Lipinski definition) is 0. The molecule has 1 aromatic heterocycles. The van der Waals surface area contributed by atoms with E-state index >= 15 is 0 Å². The summed E-state index contributed by atoms with van der Waals surface area (Å²) in [5.41, 5.74) is 0.176. The van der Waals surface area contributed by atoms with Crippen LogP contribution in [0, 0.1) is 0 Å². The molecule has 0 N–H and O–H groups in total. The minimum absolute atomic E-state index is 0.0187. The molecule has 2 aliphatic rings. The predicted octanol–water partition coefficient (Wildman–Crippen LogP) is 4.60. The summed E-state index contributed by atoms with van der Waals surface area (Å²) in [4.78, 5) is 16.5. The van der Waals surface area contributed by atoms with Crippen molar-refractivity contribution in [3.8, 4) is 0 Å². The van der Waals surface area contributed by atoms with Crippen LogP contribution >= 0.6 is 22.9 Å². The van der Waals surface area contributed by atoms with Gasteiger partial charge in [0, 0.05) is 23.0 Å². The van der Waals surface area contributed by atoms with Crippen molar-refractivity contribution >= 4 is 38.7 Å². The van der Waals surface area contributed by atoms with Gasteiger partial charge in [0.2, 0.25) is 5.91 Å². The number of sulfone groups is 1. The van der Waals surface area contributed by atoms with E-state index in [1.54, 1.807) is 34.4 Å². The molecule has 4 rings (SSSR count). The zero-order valence-electron chi connectivity index (χ0n) is 15.6. The molecular formula is C21H24ClNO3S2. The maximum atomic E-state index is 13.6. The van der Waals surface area contributed by atoms with E-state index in [4.69, 9.17) is 11.6 Å². The van der Waals surface area contributed by atoms with Crippen molar-refractivity contribution in [1.82, 2.24) is 4.90 Å². The molecule has 1 amide bonds. The highest BCUT2D eigenvalue weighted by molar-refractivity contribution is 7.91. The highest BCUT2D eigenvalue weighted by Gasteiger charge is 2.46. The maximum Gasteiger partial charge on any atom is 0.234 e. The summed E-state index contributed by atoms with van der Waals surface area (Å²) in [6.07, 6.45) is 4.17. The fourth-order valence-electron chi connectivity index (χ4n) is 4.63. The molecule has 1 atom stereocenters. The van der Waals surface area contributed by atoms with Gasteiger partial charge in [0.1, 0.15) is 0 Å². The Bertz CT molecular complexity index is 950. The van der Waals surface area contributed by atoms with Crippen molar-refractivity contribution < 1.29 is 13.2 Å². The predicted molar refractivity (Wildman–Crippen MR) is 114 cm³/mol. The Morgan fingerprint density at radius 3 is 2.54 bits per heavy atom. The summed E-state index contributed by atoms with van der Waals surface area (Å²) < 4.78 is 25.9. The summed E-state index contributed by atoms with van der Waals surface area (Å²) in [5, 5.41) is 1.84. The lowest BCUT2D eigenvalue weighted by molar-refractivity contribution is -0.137. The Morgan fingerprint density at radius 1 is 1.11 bits per heavy atom. The lowest BCUT2D eigenvalue weighted by Gasteiger charge is -2.33. The molecule has 0 unspecified atom stereocenters. The molecule has 1 aromatic carbocycles. The highest BCUT2D eigenvalue weighted by atomic mass is 35.5. The molecule has 7 heteroatoms. The second-order valence-corrected chi connectivity index (χ2v) is 11.4. The number of benzene rings is 1. The molecule has 0 bridgehead atoms. The zero-order chi connectivity index (χ0) is 19.8. The molecule has 2 fully saturated rings. The van der Waals surface area contributed by atoms with Gasteiger partial charge in [-0.25, -0.2) is 8.42 Å². The van der Waals surface area contributed by atoms with Crippen molar-refractivity contribution in [3.05, 3.63) is 57.2 Å². The fourth-order valence-corrected chi connectivity index (χ4v) is 7.76. The molecule has 1 saturated carbocycles. The SMILES string of the molecule is O=C(N1CC[C@@H](c2ccccc2Cl)S(=O)(=O)CC1)C1(c2cccs2)CCCC1. The average Bonchev–Trinajstić information content (AvgIpc) is 3.34. The van der Waals surface area contributed by atoms with Crippen LogP contribution in [-0.2, 0) is 20.0 Å². The van der Waals surface area contributed by atoms with Crippen LogP contribution in [0.5, 0.6) is 0 Å². The van der Waals surface area contributed by atoms with Gasteiger partial charge >= 0.3 is 0 Å². The number of rotatable bonds is 3. The van der Waals surface area contributed by atoms with Gasteiger partial charge < -0.3 is 4.90 Å².